The smallest absolute Gasteiger partial charge is 0.306 e. The quantitative estimate of drug-likeness (QED) is 0.280. The Hall–Kier alpha value is -1.73. The third-order valence-corrected chi connectivity index (χ3v) is 7.54. The minimum atomic E-state index is -0.917. The lowest BCUT2D eigenvalue weighted by Gasteiger charge is -2.29. The molecule has 0 radical (unpaired) electrons. The number of carbonyl (C=O) groups excluding carboxylic acids is 1. The summed E-state index contributed by atoms with van der Waals surface area (Å²) in [5, 5.41) is 11.5. The summed E-state index contributed by atoms with van der Waals surface area (Å²) in [5.41, 5.74) is 3.03. The molecule has 1 N–H and O–H groups in total. The Kier molecular flexibility index (Phi) is 12.1. The van der Waals surface area contributed by atoms with Crippen molar-refractivity contribution in [2.45, 2.75) is 90.1 Å². The SMILES string of the molecule is CCC[C@@H](OC[C@H](O)CN1CCC[C@H]1CC1=CC(F)C(C)C=C1)c1ccc(Cl)cc1CCC(=O)OCC. The molecular weight excluding hydrogens is 493 g/mol. The second kappa shape index (κ2) is 15.0. The standard InChI is InChI=1S/C30H43ClFNO4/c1-4-7-29(27-13-12-24(31)18-23(27)11-14-30(35)36-5-2)37-20-26(34)19-33-15-6-8-25(33)16-22-10-9-21(3)28(32)17-22/h9-10,12-13,17-18,21,25-26,28-29,34H,4-8,11,14-16,19-20H2,1-3H3/t21?,25-,26+,28?,29+/m0/s1. The van der Waals surface area contributed by atoms with Gasteiger partial charge in [0.25, 0.3) is 0 Å². The molecule has 2 unspecified atom stereocenters. The number of nitrogens with zero attached hydrogens (tertiary/aromatic N) is 1. The van der Waals surface area contributed by atoms with Crippen LogP contribution >= 0.6 is 11.6 Å². The second-order valence-corrected chi connectivity index (χ2v) is 10.7. The molecule has 5 nitrogen and oxygen atoms in total. The molecule has 0 spiro atoms. The van der Waals surface area contributed by atoms with Crippen molar-refractivity contribution in [1.82, 2.24) is 4.90 Å². The molecule has 1 aliphatic heterocycles. The van der Waals surface area contributed by atoms with Crippen LogP contribution in [0.15, 0.2) is 42.0 Å². The number of β-amino-alcohol motifs (C(OH)–C–C–N with tert-alkyl or cyclic N) is 1. The highest BCUT2D eigenvalue weighted by molar-refractivity contribution is 6.30. The molecule has 37 heavy (non-hydrogen) atoms. The van der Waals surface area contributed by atoms with Crippen molar-refractivity contribution in [3.8, 4) is 0 Å². The molecule has 1 aromatic carbocycles. The third kappa shape index (κ3) is 9.20. The maximum atomic E-state index is 14.1. The van der Waals surface area contributed by atoms with E-state index >= 15 is 0 Å². The van der Waals surface area contributed by atoms with Crippen molar-refractivity contribution >= 4 is 17.6 Å². The number of aryl methyl sites for hydroxylation is 1. The van der Waals surface area contributed by atoms with Crippen LogP contribution < -0.4 is 0 Å². The molecule has 1 heterocycles. The van der Waals surface area contributed by atoms with E-state index in [1.807, 2.05) is 31.2 Å². The van der Waals surface area contributed by atoms with Gasteiger partial charge < -0.3 is 14.6 Å². The van der Waals surface area contributed by atoms with E-state index in [0.717, 1.165) is 55.3 Å². The Morgan fingerprint density at radius 1 is 1.32 bits per heavy atom. The van der Waals surface area contributed by atoms with Gasteiger partial charge in [-0.05, 0) is 80.5 Å². The van der Waals surface area contributed by atoms with Gasteiger partial charge in [0.1, 0.15) is 6.17 Å². The van der Waals surface area contributed by atoms with E-state index in [1.54, 1.807) is 13.0 Å². The Morgan fingerprint density at radius 3 is 2.86 bits per heavy atom. The summed E-state index contributed by atoms with van der Waals surface area (Å²) in [4.78, 5) is 14.2. The number of esters is 1. The molecule has 0 saturated carbocycles. The number of hydrogen-bond acceptors (Lipinski definition) is 5. The second-order valence-electron chi connectivity index (χ2n) is 10.3. The zero-order chi connectivity index (χ0) is 26.8. The van der Waals surface area contributed by atoms with E-state index in [-0.39, 0.29) is 31.0 Å². The van der Waals surface area contributed by atoms with Crippen LogP contribution in [-0.2, 0) is 20.7 Å². The fourth-order valence-electron chi connectivity index (χ4n) is 5.28. The van der Waals surface area contributed by atoms with E-state index < -0.39 is 12.3 Å². The molecular formula is C30H43ClFNO4. The first-order chi connectivity index (χ1) is 17.8. The van der Waals surface area contributed by atoms with Gasteiger partial charge in [-0.25, -0.2) is 4.39 Å². The normalized spacial score (nSPS) is 23.6. The highest BCUT2D eigenvalue weighted by atomic mass is 35.5. The minimum Gasteiger partial charge on any atom is -0.466 e. The van der Waals surface area contributed by atoms with Crippen molar-refractivity contribution in [2.24, 2.45) is 5.92 Å². The average molecular weight is 536 g/mol. The van der Waals surface area contributed by atoms with Crippen LogP contribution in [0.3, 0.4) is 0 Å². The van der Waals surface area contributed by atoms with Gasteiger partial charge in [0.15, 0.2) is 0 Å². The number of rotatable bonds is 14. The first-order valence-electron chi connectivity index (χ1n) is 13.8. The van der Waals surface area contributed by atoms with Crippen molar-refractivity contribution in [3.63, 3.8) is 0 Å². The minimum absolute atomic E-state index is 0.0650. The number of carbonyl (C=O) groups is 1. The largest absolute Gasteiger partial charge is 0.466 e. The van der Waals surface area contributed by atoms with E-state index in [9.17, 15) is 14.3 Å². The highest BCUT2D eigenvalue weighted by Gasteiger charge is 2.28. The number of likely N-dealkylation sites (tertiary alicyclic amines) is 1. The summed E-state index contributed by atoms with van der Waals surface area (Å²) < 4.78 is 25.5. The van der Waals surface area contributed by atoms with Crippen LogP contribution in [-0.4, -0.2) is 60.6 Å². The van der Waals surface area contributed by atoms with E-state index in [0.29, 0.717) is 30.6 Å². The molecule has 0 bridgehead atoms. The first-order valence-corrected chi connectivity index (χ1v) is 14.2. The molecule has 2 aliphatic rings. The number of hydrogen-bond donors (Lipinski definition) is 1. The molecule has 1 fully saturated rings. The molecule has 206 valence electrons. The molecule has 1 aromatic rings. The summed E-state index contributed by atoms with van der Waals surface area (Å²) in [6.45, 7) is 7.85. The third-order valence-electron chi connectivity index (χ3n) is 7.30. The number of aliphatic hydroxyl groups excluding tert-OH is 1. The Morgan fingerprint density at radius 2 is 2.14 bits per heavy atom. The number of aliphatic hydroxyl groups is 1. The number of alkyl halides is 1. The van der Waals surface area contributed by atoms with Gasteiger partial charge in [0.05, 0.1) is 25.4 Å². The van der Waals surface area contributed by atoms with Crippen molar-refractivity contribution in [3.05, 3.63) is 58.1 Å². The summed E-state index contributed by atoms with van der Waals surface area (Å²) in [6, 6.07) is 6.02. The lowest BCUT2D eigenvalue weighted by atomic mass is 9.92. The monoisotopic (exact) mass is 535 g/mol. The number of halogens is 2. The predicted octanol–water partition coefficient (Wildman–Crippen LogP) is 6.38. The number of benzene rings is 1. The van der Waals surface area contributed by atoms with Crippen LogP contribution in [0.5, 0.6) is 0 Å². The fraction of sp³-hybridized carbons (Fsp3) is 0.633. The Balaban J connectivity index is 1.58. The molecule has 1 aliphatic carbocycles. The van der Waals surface area contributed by atoms with Gasteiger partial charge in [-0.1, -0.05) is 50.1 Å². The number of ether oxygens (including phenoxy) is 2. The maximum Gasteiger partial charge on any atom is 0.306 e. The summed E-state index contributed by atoms with van der Waals surface area (Å²) in [5.74, 6) is -0.294. The van der Waals surface area contributed by atoms with Crippen LogP contribution in [0.4, 0.5) is 4.39 Å². The zero-order valence-corrected chi connectivity index (χ0v) is 23.3. The average Bonchev–Trinajstić information content (AvgIpc) is 3.29. The topological polar surface area (TPSA) is 59.0 Å². The summed E-state index contributed by atoms with van der Waals surface area (Å²) in [7, 11) is 0. The Labute approximate surface area is 226 Å². The maximum absolute atomic E-state index is 14.1. The molecule has 0 aromatic heterocycles. The van der Waals surface area contributed by atoms with Crippen LogP contribution in [0, 0.1) is 5.92 Å². The molecule has 7 heteroatoms. The van der Waals surface area contributed by atoms with Crippen LogP contribution in [0.25, 0.3) is 0 Å². The number of allylic oxidation sites excluding steroid dienone is 3. The van der Waals surface area contributed by atoms with Gasteiger partial charge in [0.2, 0.25) is 0 Å². The predicted molar refractivity (Wildman–Crippen MR) is 147 cm³/mol. The van der Waals surface area contributed by atoms with Gasteiger partial charge in [-0.2, -0.15) is 0 Å². The fourth-order valence-corrected chi connectivity index (χ4v) is 5.48. The van der Waals surface area contributed by atoms with Crippen LogP contribution in [0.2, 0.25) is 5.02 Å². The van der Waals surface area contributed by atoms with E-state index in [2.05, 4.69) is 17.9 Å². The molecule has 5 atom stereocenters. The van der Waals surface area contributed by atoms with Gasteiger partial charge in [0, 0.05) is 29.9 Å². The lowest BCUT2D eigenvalue weighted by Crippen LogP contribution is -2.38. The molecule has 0 amide bonds. The zero-order valence-electron chi connectivity index (χ0n) is 22.5. The van der Waals surface area contributed by atoms with E-state index in [1.165, 1.54) is 0 Å². The highest BCUT2D eigenvalue weighted by Crippen LogP contribution is 2.31. The molecule has 3 rings (SSSR count). The van der Waals surface area contributed by atoms with Gasteiger partial charge in [-0.3, -0.25) is 9.69 Å². The Bertz CT molecular complexity index is 936. The lowest BCUT2D eigenvalue weighted by molar-refractivity contribution is -0.143. The van der Waals surface area contributed by atoms with Gasteiger partial charge >= 0.3 is 5.97 Å². The van der Waals surface area contributed by atoms with Crippen LogP contribution in [0.1, 0.15) is 76.5 Å². The van der Waals surface area contributed by atoms with Crippen molar-refractivity contribution in [2.75, 3.05) is 26.3 Å². The van der Waals surface area contributed by atoms with E-state index in [4.69, 9.17) is 21.1 Å². The van der Waals surface area contributed by atoms with Crippen molar-refractivity contribution in [1.29, 1.82) is 0 Å². The first kappa shape index (κ1) is 29.8. The molecule has 1 saturated heterocycles. The summed E-state index contributed by atoms with van der Waals surface area (Å²) >= 11 is 6.26. The van der Waals surface area contributed by atoms with Gasteiger partial charge in [-0.15, -0.1) is 0 Å². The van der Waals surface area contributed by atoms with Crippen molar-refractivity contribution < 1.29 is 23.8 Å². The summed E-state index contributed by atoms with van der Waals surface area (Å²) in [6.07, 6.45) is 9.51.